The fraction of sp³-hybridized carbons (Fsp3) is 0.259. The molecule has 2 N–H and O–H groups in total. The molecule has 3 aliphatic rings. The van der Waals surface area contributed by atoms with E-state index in [0.717, 1.165) is 12.0 Å². The smallest absolute Gasteiger partial charge is 0.251 e. The Morgan fingerprint density at radius 2 is 1.39 bits per heavy atom. The highest BCUT2D eigenvalue weighted by Gasteiger charge is 2.42. The molecule has 2 bridgehead atoms. The van der Waals surface area contributed by atoms with Crippen molar-refractivity contribution in [3.8, 4) is 0 Å². The van der Waals surface area contributed by atoms with Crippen molar-refractivity contribution in [1.82, 2.24) is 10.6 Å². The lowest BCUT2D eigenvalue weighted by Crippen LogP contribution is -2.42. The Morgan fingerprint density at radius 3 is 2.00 bits per heavy atom. The molecule has 3 aromatic carbocycles. The van der Waals surface area contributed by atoms with E-state index >= 15 is 0 Å². The Kier molecular flexibility index (Phi) is 5.06. The number of nitrogens with one attached hydrogen (secondary N) is 2. The molecule has 0 aromatic heterocycles. The minimum absolute atomic E-state index is 0.0132. The number of hydrogen-bond donors (Lipinski definition) is 2. The second-order valence-electron chi connectivity index (χ2n) is 8.64. The quantitative estimate of drug-likeness (QED) is 0.664. The van der Waals surface area contributed by atoms with Crippen molar-refractivity contribution in [3.05, 3.63) is 106 Å². The number of amides is 2. The van der Waals surface area contributed by atoms with Crippen molar-refractivity contribution >= 4 is 11.8 Å². The van der Waals surface area contributed by atoms with E-state index in [1.54, 1.807) is 12.1 Å². The molecule has 2 amide bonds. The maximum atomic E-state index is 12.4. The third kappa shape index (κ3) is 3.63. The summed E-state index contributed by atoms with van der Waals surface area (Å²) in [5.41, 5.74) is 7.31. The van der Waals surface area contributed by atoms with Gasteiger partial charge in [0.15, 0.2) is 0 Å². The van der Waals surface area contributed by atoms with Crippen molar-refractivity contribution in [1.29, 1.82) is 0 Å². The molecule has 0 spiro atoms. The van der Waals surface area contributed by atoms with Gasteiger partial charge in [-0.1, -0.05) is 66.2 Å². The molecule has 0 saturated carbocycles. The predicted molar refractivity (Wildman–Crippen MR) is 121 cm³/mol. The van der Waals surface area contributed by atoms with Crippen LogP contribution in [0.25, 0.3) is 0 Å². The largest absolute Gasteiger partial charge is 0.354 e. The van der Waals surface area contributed by atoms with Crippen LogP contribution < -0.4 is 10.6 Å². The molecular formula is C27H26N2O2. The van der Waals surface area contributed by atoms with Crippen LogP contribution in [-0.2, 0) is 4.79 Å². The summed E-state index contributed by atoms with van der Waals surface area (Å²) in [7, 11) is 0. The first-order chi connectivity index (χ1) is 15.1. The number of hydrogen-bond acceptors (Lipinski definition) is 2. The monoisotopic (exact) mass is 410 g/mol. The molecule has 0 heterocycles. The maximum absolute atomic E-state index is 12.4. The number of carbonyl (C=O) groups excluding carboxylic acids is 2. The first-order valence-electron chi connectivity index (χ1n) is 10.9. The topological polar surface area (TPSA) is 58.2 Å². The third-order valence-corrected chi connectivity index (χ3v) is 6.71. The van der Waals surface area contributed by atoms with Gasteiger partial charge >= 0.3 is 0 Å². The first-order valence-corrected chi connectivity index (χ1v) is 10.9. The molecule has 0 unspecified atom stereocenters. The van der Waals surface area contributed by atoms with Crippen LogP contribution in [0.2, 0.25) is 0 Å². The molecule has 4 heteroatoms. The van der Waals surface area contributed by atoms with Gasteiger partial charge in [-0.25, -0.2) is 0 Å². The number of benzene rings is 3. The van der Waals surface area contributed by atoms with Gasteiger partial charge in [0, 0.05) is 23.9 Å². The second kappa shape index (κ2) is 8.03. The highest BCUT2D eigenvalue weighted by molar-refractivity contribution is 5.96. The van der Waals surface area contributed by atoms with Crippen LogP contribution in [0.1, 0.15) is 56.4 Å². The number of aryl methyl sites for hydroxylation is 1. The molecule has 3 aliphatic carbocycles. The zero-order chi connectivity index (χ0) is 21.4. The average Bonchev–Trinajstić information content (AvgIpc) is 2.82. The van der Waals surface area contributed by atoms with E-state index in [4.69, 9.17) is 0 Å². The van der Waals surface area contributed by atoms with E-state index < -0.39 is 0 Å². The van der Waals surface area contributed by atoms with Crippen LogP contribution in [0, 0.1) is 12.8 Å². The zero-order valence-corrected chi connectivity index (χ0v) is 17.6. The van der Waals surface area contributed by atoms with E-state index in [0.29, 0.717) is 29.9 Å². The van der Waals surface area contributed by atoms with Crippen molar-refractivity contribution in [2.75, 3.05) is 13.1 Å². The summed E-state index contributed by atoms with van der Waals surface area (Å²) in [6.45, 7) is 2.58. The van der Waals surface area contributed by atoms with E-state index in [9.17, 15) is 9.59 Å². The lowest BCUT2D eigenvalue weighted by Gasteiger charge is -2.45. The second-order valence-corrected chi connectivity index (χ2v) is 8.64. The summed E-state index contributed by atoms with van der Waals surface area (Å²) < 4.78 is 0. The SMILES string of the molecule is Cc1ccc(C(=O)NCC(=O)NC[C@H]2CC3c4ccccc4C2c2ccccc23)cc1. The Bertz CT molecular complexity index is 1090. The van der Waals surface area contributed by atoms with Crippen molar-refractivity contribution < 1.29 is 9.59 Å². The summed E-state index contributed by atoms with van der Waals surface area (Å²) in [5.74, 6) is 0.671. The summed E-state index contributed by atoms with van der Waals surface area (Å²) >= 11 is 0. The van der Waals surface area contributed by atoms with Crippen LogP contribution in [-0.4, -0.2) is 24.9 Å². The van der Waals surface area contributed by atoms with Gasteiger partial charge < -0.3 is 10.6 Å². The van der Waals surface area contributed by atoms with Gasteiger partial charge in [-0.05, 0) is 53.6 Å². The first kappa shape index (κ1) is 19.6. The Labute approximate surface area is 182 Å². The van der Waals surface area contributed by atoms with Gasteiger partial charge in [0.1, 0.15) is 0 Å². The van der Waals surface area contributed by atoms with Crippen LogP contribution in [0.4, 0.5) is 0 Å². The molecule has 1 atom stereocenters. The maximum Gasteiger partial charge on any atom is 0.251 e. The summed E-state index contributed by atoms with van der Waals surface area (Å²) in [4.78, 5) is 24.7. The fourth-order valence-electron chi connectivity index (χ4n) is 5.23. The van der Waals surface area contributed by atoms with E-state index in [1.807, 2.05) is 19.1 Å². The lowest BCUT2D eigenvalue weighted by molar-refractivity contribution is -0.120. The van der Waals surface area contributed by atoms with Crippen LogP contribution >= 0.6 is 0 Å². The standard InChI is InChI=1S/C27H26N2O2/c1-17-10-12-18(13-11-17)27(31)29-16-25(30)28-15-19-14-24-20-6-2-4-8-22(20)26(19)23-9-5-3-7-21(23)24/h2-13,19,24,26H,14-16H2,1H3,(H,28,30)(H,29,31)/t19-,24?,26?/m1/s1. The zero-order valence-electron chi connectivity index (χ0n) is 17.6. The minimum Gasteiger partial charge on any atom is -0.354 e. The normalized spacial score (nSPS) is 20.5. The van der Waals surface area contributed by atoms with Crippen LogP contribution in [0.15, 0.2) is 72.8 Å². The minimum atomic E-state index is -0.227. The van der Waals surface area contributed by atoms with Gasteiger partial charge in [-0.2, -0.15) is 0 Å². The lowest BCUT2D eigenvalue weighted by atomic mass is 9.59. The molecule has 3 aromatic rings. The van der Waals surface area contributed by atoms with Gasteiger partial charge in [-0.15, -0.1) is 0 Å². The molecule has 4 nitrogen and oxygen atoms in total. The highest BCUT2D eigenvalue weighted by Crippen LogP contribution is 2.55. The summed E-state index contributed by atoms with van der Waals surface area (Å²) in [6, 6.07) is 24.8. The summed E-state index contributed by atoms with van der Waals surface area (Å²) in [5, 5.41) is 5.78. The molecule has 6 rings (SSSR count). The van der Waals surface area contributed by atoms with Crippen molar-refractivity contribution in [2.24, 2.45) is 5.92 Å². The fourth-order valence-corrected chi connectivity index (χ4v) is 5.23. The molecule has 156 valence electrons. The Morgan fingerprint density at radius 1 is 0.806 bits per heavy atom. The molecule has 31 heavy (non-hydrogen) atoms. The number of carbonyl (C=O) groups is 2. The van der Waals surface area contributed by atoms with Gasteiger partial charge in [0.25, 0.3) is 5.91 Å². The van der Waals surface area contributed by atoms with Crippen LogP contribution in [0.5, 0.6) is 0 Å². The average molecular weight is 411 g/mol. The number of rotatable bonds is 5. The third-order valence-electron chi connectivity index (χ3n) is 6.71. The van der Waals surface area contributed by atoms with E-state index in [1.165, 1.54) is 22.3 Å². The summed E-state index contributed by atoms with van der Waals surface area (Å²) in [6.07, 6.45) is 1.04. The number of fused-ring (bicyclic) bond motifs is 1. The van der Waals surface area contributed by atoms with Crippen molar-refractivity contribution in [2.45, 2.75) is 25.2 Å². The van der Waals surface area contributed by atoms with Crippen molar-refractivity contribution in [3.63, 3.8) is 0 Å². The van der Waals surface area contributed by atoms with E-state index in [2.05, 4.69) is 59.2 Å². The molecule has 0 saturated heterocycles. The Hall–Kier alpha value is -3.40. The highest BCUT2D eigenvalue weighted by atomic mass is 16.2. The van der Waals surface area contributed by atoms with Gasteiger partial charge in [-0.3, -0.25) is 9.59 Å². The van der Waals surface area contributed by atoms with Crippen LogP contribution in [0.3, 0.4) is 0 Å². The predicted octanol–water partition coefficient (Wildman–Crippen LogP) is 4.14. The van der Waals surface area contributed by atoms with Gasteiger partial charge in [0.05, 0.1) is 6.54 Å². The van der Waals surface area contributed by atoms with Gasteiger partial charge in [0.2, 0.25) is 5.91 Å². The molecular weight excluding hydrogens is 384 g/mol. The van der Waals surface area contributed by atoms with E-state index in [-0.39, 0.29) is 18.4 Å². The molecule has 0 radical (unpaired) electrons. The molecule has 0 fully saturated rings. The Balaban J connectivity index is 1.24. The molecule has 0 aliphatic heterocycles.